The van der Waals surface area contributed by atoms with Crippen molar-refractivity contribution in [3.8, 4) is 0 Å². The Balaban J connectivity index is 3.10. The van der Waals surface area contributed by atoms with Crippen molar-refractivity contribution in [2.24, 2.45) is 17.4 Å². The van der Waals surface area contributed by atoms with Crippen LogP contribution >= 0.6 is 0 Å². The Labute approximate surface area is 171 Å². The maximum Gasteiger partial charge on any atom is 0.0506 e. The third kappa shape index (κ3) is 22.0. The number of rotatable bonds is 23. The van der Waals surface area contributed by atoms with Crippen LogP contribution in [-0.4, -0.2) is 26.3 Å². The van der Waals surface area contributed by atoms with Crippen LogP contribution in [0.25, 0.3) is 0 Å². The predicted molar refractivity (Wildman–Crippen MR) is 121 cm³/mol. The van der Waals surface area contributed by atoms with Gasteiger partial charge in [0.25, 0.3) is 0 Å². The Kier molecular flexibility index (Phi) is 23.8. The van der Waals surface area contributed by atoms with Crippen LogP contribution in [0.15, 0.2) is 0 Å². The third-order valence-corrected chi connectivity index (χ3v) is 5.65. The molecule has 0 aromatic heterocycles. The SMILES string of the molecule is CCCCCCCCCCCCCCCCCCOCC(CN)CCCN. The number of ether oxygens (including phenoxy) is 1. The zero-order chi connectivity index (χ0) is 19.8. The molecule has 164 valence electrons. The van der Waals surface area contributed by atoms with Gasteiger partial charge in [-0.2, -0.15) is 0 Å². The summed E-state index contributed by atoms with van der Waals surface area (Å²) in [7, 11) is 0. The van der Waals surface area contributed by atoms with Gasteiger partial charge < -0.3 is 16.2 Å². The fraction of sp³-hybridized carbons (Fsp3) is 1.00. The molecule has 0 saturated carbocycles. The third-order valence-electron chi connectivity index (χ3n) is 5.65. The van der Waals surface area contributed by atoms with Crippen molar-refractivity contribution < 1.29 is 4.74 Å². The first-order chi connectivity index (χ1) is 13.3. The van der Waals surface area contributed by atoms with E-state index in [4.69, 9.17) is 16.2 Å². The molecule has 0 bridgehead atoms. The Morgan fingerprint density at radius 2 is 1.04 bits per heavy atom. The molecule has 3 heteroatoms. The van der Waals surface area contributed by atoms with Crippen LogP contribution in [-0.2, 0) is 4.74 Å². The van der Waals surface area contributed by atoms with Crippen molar-refractivity contribution in [2.75, 3.05) is 26.3 Å². The first-order valence-corrected chi connectivity index (χ1v) is 12.3. The normalized spacial score (nSPS) is 12.6. The van der Waals surface area contributed by atoms with Gasteiger partial charge in [-0.15, -0.1) is 0 Å². The van der Waals surface area contributed by atoms with E-state index in [0.29, 0.717) is 5.92 Å². The second-order valence-electron chi connectivity index (χ2n) is 8.41. The fourth-order valence-electron chi connectivity index (χ4n) is 3.68. The van der Waals surface area contributed by atoms with Gasteiger partial charge in [0.1, 0.15) is 0 Å². The van der Waals surface area contributed by atoms with Gasteiger partial charge in [0.2, 0.25) is 0 Å². The first-order valence-electron chi connectivity index (χ1n) is 12.3. The summed E-state index contributed by atoms with van der Waals surface area (Å²) in [6.45, 7) is 5.49. The van der Waals surface area contributed by atoms with Crippen molar-refractivity contribution in [3.63, 3.8) is 0 Å². The summed E-state index contributed by atoms with van der Waals surface area (Å²) in [6, 6.07) is 0. The van der Waals surface area contributed by atoms with Crippen LogP contribution in [0.3, 0.4) is 0 Å². The number of nitrogens with two attached hydrogens (primary N) is 2. The van der Waals surface area contributed by atoms with Crippen molar-refractivity contribution in [2.45, 2.75) is 122 Å². The zero-order valence-corrected chi connectivity index (χ0v) is 18.7. The van der Waals surface area contributed by atoms with E-state index >= 15 is 0 Å². The molecule has 1 unspecified atom stereocenters. The maximum absolute atomic E-state index is 5.78. The molecular formula is C24H52N2O. The summed E-state index contributed by atoms with van der Waals surface area (Å²) < 4.78 is 5.78. The molecule has 0 saturated heterocycles. The van der Waals surface area contributed by atoms with Gasteiger partial charge in [0, 0.05) is 6.61 Å². The van der Waals surface area contributed by atoms with E-state index in [-0.39, 0.29) is 0 Å². The summed E-state index contributed by atoms with van der Waals surface area (Å²) in [6.07, 6.45) is 24.8. The molecule has 3 nitrogen and oxygen atoms in total. The van der Waals surface area contributed by atoms with E-state index in [1.165, 1.54) is 103 Å². The highest BCUT2D eigenvalue weighted by Crippen LogP contribution is 2.14. The van der Waals surface area contributed by atoms with E-state index in [1.807, 2.05) is 0 Å². The number of hydrogen-bond acceptors (Lipinski definition) is 3. The molecule has 0 aliphatic rings. The lowest BCUT2D eigenvalue weighted by atomic mass is 10.0. The van der Waals surface area contributed by atoms with Gasteiger partial charge in [-0.05, 0) is 38.3 Å². The predicted octanol–water partition coefficient (Wildman–Crippen LogP) is 6.58. The van der Waals surface area contributed by atoms with Crippen LogP contribution in [0.1, 0.15) is 122 Å². The van der Waals surface area contributed by atoms with E-state index in [0.717, 1.165) is 39.1 Å². The summed E-state index contributed by atoms with van der Waals surface area (Å²) >= 11 is 0. The minimum Gasteiger partial charge on any atom is -0.381 e. The average Bonchev–Trinajstić information content (AvgIpc) is 2.69. The standard InChI is InChI=1S/C24H52N2O/c1-2-3-4-5-6-7-8-9-10-11-12-13-14-15-16-17-21-27-23-24(22-26)19-18-20-25/h24H,2-23,25-26H2,1H3. The molecule has 0 fully saturated rings. The quantitative estimate of drug-likeness (QED) is 0.196. The Morgan fingerprint density at radius 1 is 0.593 bits per heavy atom. The Hall–Kier alpha value is -0.120. The van der Waals surface area contributed by atoms with Gasteiger partial charge in [-0.25, -0.2) is 0 Å². The van der Waals surface area contributed by atoms with Gasteiger partial charge in [-0.3, -0.25) is 0 Å². The topological polar surface area (TPSA) is 61.3 Å². The summed E-state index contributed by atoms with van der Waals surface area (Å²) in [4.78, 5) is 0. The van der Waals surface area contributed by atoms with Gasteiger partial charge in [-0.1, -0.05) is 103 Å². The highest BCUT2D eigenvalue weighted by atomic mass is 16.5. The Bertz CT molecular complexity index is 261. The smallest absolute Gasteiger partial charge is 0.0506 e. The summed E-state index contributed by atoms with van der Waals surface area (Å²) in [5, 5.41) is 0. The molecule has 0 spiro atoms. The Morgan fingerprint density at radius 3 is 1.44 bits per heavy atom. The molecule has 0 heterocycles. The monoisotopic (exact) mass is 384 g/mol. The highest BCUT2D eigenvalue weighted by molar-refractivity contribution is 4.59. The first kappa shape index (κ1) is 26.9. The molecule has 0 aromatic carbocycles. The molecule has 0 aliphatic carbocycles. The van der Waals surface area contributed by atoms with Crippen LogP contribution in [0.5, 0.6) is 0 Å². The van der Waals surface area contributed by atoms with E-state index in [2.05, 4.69) is 6.92 Å². The highest BCUT2D eigenvalue weighted by Gasteiger charge is 2.05. The molecule has 0 aliphatic heterocycles. The molecule has 0 rings (SSSR count). The average molecular weight is 385 g/mol. The number of unbranched alkanes of at least 4 members (excludes halogenated alkanes) is 15. The molecule has 0 radical (unpaired) electrons. The molecule has 0 aromatic rings. The minimum atomic E-state index is 0.495. The molecule has 27 heavy (non-hydrogen) atoms. The second kappa shape index (κ2) is 23.9. The van der Waals surface area contributed by atoms with Crippen LogP contribution in [0, 0.1) is 5.92 Å². The van der Waals surface area contributed by atoms with Crippen molar-refractivity contribution in [1.82, 2.24) is 0 Å². The minimum absolute atomic E-state index is 0.495. The molecule has 1 atom stereocenters. The summed E-state index contributed by atoms with van der Waals surface area (Å²) in [5.41, 5.74) is 11.3. The lowest BCUT2D eigenvalue weighted by Gasteiger charge is -2.14. The van der Waals surface area contributed by atoms with Gasteiger partial charge in [0.05, 0.1) is 6.61 Å². The van der Waals surface area contributed by atoms with Crippen LogP contribution < -0.4 is 11.5 Å². The van der Waals surface area contributed by atoms with Gasteiger partial charge in [0.15, 0.2) is 0 Å². The lowest BCUT2D eigenvalue weighted by molar-refractivity contribution is 0.0949. The van der Waals surface area contributed by atoms with E-state index in [1.54, 1.807) is 0 Å². The molecular weight excluding hydrogens is 332 g/mol. The fourth-order valence-corrected chi connectivity index (χ4v) is 3.68. The van der Waals surface area contributed by atoms with Crippen molar-refractivity contribution in [1.29, 1.82) is 0 Å². The van der Waals surface area contributed by atoms with Crippen molar-refractivity contribution in [3.05, 3.63) is 0 Å². The maximum atomic E-state index is 5.78. The summed E-state index contributed by atoms with van der Waals surface area (Å²) in [5.74, 6) is 0.495. The van der Waals surface area contributed by atoms with Crippen LogP contribution in [0.4, 0.5) is 0 Å². The molecule has 0 amide bonds. The van der Waals surface area contributed by atoms with E-state index < -0.39 is 0 Å². The van der Waals surface area contributed by atoms with Crippen molar-refractivity contribution >= 4 is 0 Å². The number of hydrogen-bond donors (Lipinski definition) is 2. The second-order valence-corrected chi connectivity index (χ2v) is 8.41. The van der Waals surface area contributed by atoms with E-state index in [9.17, 15) is 0 Å². The van der Waals surface area contributed by atoms with Gasteiger partial charge >= 0.3 is 0 Å². The zero-order valence-electron chi connectivity index (χ0n) is 18.7. The lowest BCUT2D eigenvalue weighted by Crippen LogP contribution is -2.21. The largest absolute Gasteiger partial charge is 0.381 e. The van der Waals surface area contributed by atoms with Crippen LogP contribution in [0.2, 0.25) is 0 Å². The molecule has 4 N–H and O–H groups in total.